The fourth-order valence-corrected chi connectivity index (χ4v) is 5.48. The molecule has 0 aliphatic carbocycles. The Balaban J connectivity index is 1.49. The van der Waals surface area contributed by atoms with Gasteiger partial charge in [0.25, 0.3) is 5.91 Å². The molecule has 2 atom stereocenters. The van der Waals surface area contributed by atoms with Gasteiger partial charge in [0.2, 0.25) is 0 Å². The summed E-state index contributed by atoms with van der Waals surface area (Å²) in [7, 11) is 3.23. The number of rotatable bonds is 9. The lowest BCUT2D eigenvalue weighted by Gasteiger charge is -2.41. The molecular weight excluding hydrogens is 484 g/mol. The molecule has 2 aliphatic rings. The van der Waals surface area contributed by atoms with E-state index in [0.29, 0.717) is 33.9 Å². The van der Waals surface area contributed by atoms with Gasteiger partial charge in [-0.1, -0.05) is 37.7 Å². The molecule has 9 heteroatoms. The maximum absolute atomic E-state index is 13.0. The third-order valence-corrected chi connectivity index (χ3v) is 8.03. The highest BCUT2D eigenvalue weighted by Crippen LogP contribution is 2.29. The number of amides is 1. The number of nitrogens with one attached hydrogen (secondary N) is 1. The molecule has 7 nitrogen and oxygen atoms in total. The molecule has 2 saturated heterocycles. The average molecular weight is 525 g/mol. The summed E-state index contributed by atoms with van der Waals surface area (Å²) in [4.78, 5) is 19.0. The van der Waals surface area contributed by atoms with Gasteiger partial charge in [0, 0.05) is 45.9 Å². The van der Waals surface area contributed by atoms with Crippen molar-refractivity contribution in [2.24, 2.45) is 11.8 Å². The summed E-state index contributed by atoms with van der Waals surface area (Å²) in [5.74, 6) is 1.54. The van der Waals surface area contributed by atoms with Crippen LogP contribution in [0, 0.1) is 11.8 Å². The van der Waals surface area contributed by atoms with Crippen molar-refractivity contribution in [3.05, 3.63) is 22.7 Å². The van der Waals surface area contributed by atoms with Crippen LogP contribution in [-0.4, -0.2) is 79.8 Å². The quantitative estimate of drug-likeness (QED) is 0.369. The summed E-state index contributed by atoms with van der Waals surface area (Å²) in [6, 6.07) is 3.06. The van der Waals surface area contributed by atoms with Crippen molar-refractivity contribution in [3.63, 3.8) is 0 Å². The van der Waals surface area contributed by atoms with Crippen molar-refractivity contribution in [3.8, 4) is 5.75 Å². The first-order valence-corrected chi connectivity index (χ1v) is 13.5. The van der Waals surface area contributed by atoms with Crippen molar-refractivity contribution in [1.82, 2.24) is 15.1 Å². The highest BCUT2D eigenvalue weighted by atomic mass is 35.5. The summed E-state index contributed by atoms with van der Waals surface area (Å²) in [6.07, 6.45) is 5.29. The molecule has 1 aromatic carbocycles. The minimum Gasteiger partial charge on any atom is -0.496 e. The highest BCUT2D eigenvalue weighted by molar-refractivity contribution is 7.80. The van der Waals surface area contributed by atoms with Gasteiger partial charge in [-0.3, -0.25) is 4.79 Å². The van der Waals surface area contributed by atoms with Gasteiger partial charge in [0.05, 0.1) is 40.5 Å². The number of halogens is 1. The predicted octanol–water partition coefficient (Wildman–Crippen LogP) is 4.23. The third kappa shape index (κ3) is 7.68. The minimum absolute atomic E-state index is 0.0772. The number of nitrogens with two attached hydrogens (primary N) is 1. The number of benzene rings is 1. The van der Waals surface area contributed by atoms with Crippen LogP contribution in [0.5, 0.6) is 5.75 Å². The van der Waals surface area contributed by atoms with Crippen LogP contribution < -0.4 is 15.8 Å². The maximum Gasteiger partial charge on any atom is 0.255 e. The summed E-state index contributed by atoms with van der Waals surface area (Å²) >= 11 is 11.8. The second-order valence-corrected chi connectivity index (χ2v) is 11.1. The molecule has 35 heavy (non-hydrogen) atoms. The van der Waals surface area contributed by atoms with Crippen molar-refractivity contribution in [2.75, 3.05) is 52.7 Å². The van der Waals surface area contributed by atoms with Crippen molar-refractivity contribution in [2.45, 2.75) is 58.1 Å². The summed E-state index contributed by atoms with van der Waals surface area (Å²) in [5, 5.41) is 3.46. The van der Waals surface area contributed by atoms with Gasteiger partial charge in [-0.05, 0) is 50.0 Å². The Kier molecular flexibility index (Phi) is 10.5. The molecule has 0 aromatic heterocycles. The van der Waals surface area contributed by atoms with Crippen LogP contribution in [0.4, 0.5) is 5.69 Å². The van der Waals surface area contributed by atoms with E-state index in [1.165, 1.54) is 26.4 Å². The van der Waals surface area contributed by atoms with E-state index < -0.39 is 0 Å². The average Bonchev–Trinajstić information content (AvgIpc) is 2.85. The summed E-state index contributed by atoms with van der Waals surface area (Å²) in [5.41, 5.74) is 6.61. The Morgan fingerprint density at radius 1 is 1.23 bits per heavy atom. The number of nitrogen functional groups attached to an aromatic ring is 1. The zero-order valence-electron chi connectivity index (χ0n) is 21.5. The second-order valence-electron chi connectivity index (χ2n) is 10.2. The van der Waals surface area contributed by atoms with Gasteiger partial charge >= 0.3 is 0 Å². The number of likely N-dealkylation sites (tertiary alicyclic amines) is 2. The lowest BCUT2D eigenvalue weighted by atomic mass is 9.93. The van der Waals surface area contributed by atoms with Crippen LogP contribution >= 0.6 is 23.8 Å². The Morgan fingerprint density at radius 3 is 2.57 bits per heavy atom. The topological polar surface area (TPSA) is 80.1 Å². The second kappa shape index (κ2) is 13.1. The Labute approximate surface area is 220 Å². The Bertz CT molecular complexity index is 876. The summed E-state index contributed by atoms with van der Waals surface area (Å²) in [6.45, 7) is 9.42. The van der Waals surface area contributed by atoms with Crippen molar-refractivity contribution in [1.29, 1.82) is 0 Å². The van der Waals surface area contributed by atoms with Crippen LogP contribution in [0.3, 0.4) is 0 Å². The molecule has 2 fully saturated rings. The molecule has 2 heterocycles. The number of hydrogen-bond acceptors (Lipinski definition) is 6. The molecular formula is C26H41ClN4O3S. The Morgan fingerprint density at radius 2 is 1.94 bits per heavy atom. The standard InChI is InChI=1S/C26H41ClN4O3S/c1-17(2)5-6-25(35)31-11-7-18(8-12-31)15-30-10-9-22(24(16-30)34-4)29-26(32)19-13-20(27)21(28)14-23(19)33-3/h13-14,17-18,22,24H,5-12,15-16,28H2,1-4H3,(H,29,32)/t22-,24+/m0/s1. The van der Waals surface area contributed by atoms with E-state index in [1.807, 2.05) is 0 Å². The van der Waals surface area contributed by atoms with E-state index in [2.05, 4.69) is 29.0 Å². The molecule has 0 saturated carbocycles. The van der Waals surface area contributed by atoms with Gasteiger partial charge in [-0.25, -0.2) is 0 Å². The lowest BCUT2D eigenvalue weighted by Crippen LogP contribution is -2.55. The first kappa shape index (κ1) is 28.0. The first-order valence-electron chi connectivity index (χ1n) is 12.7. The van der Waals surface area contributed by atoms with Gasteiger partial charge in [-0.2, -0.15) is 0 Å². The molecule has 0 spiro atoms. The number of hydrogen-bond donors (Lipinski definition) is 2. The van der Waals surface area contributed by atoms with Crippen molar-refractivity contribution >= 4 is 40.4 Å². The number of ether oxygens (including phenoxy) is 2. The normalized spacial score (nSPS) is 21.8. The maximum atomic E-state index is 13.0. The zero-order valence-corrected chi connectivity index (χ0v) is 23.1. The largest absolute Gasteiger partial charge is 0.496 e. The molecule has 1 aromatic rings. The molecule has 3 N–H and O–H groups in total. The van der Waals surface area contributed by atoms with Crippen LogP contribution in [0.2, 0.25) is 5.02 Å². The number of carbonyl (C=O) groups excluding carboxylic acids is 1. The number of piperidine rings is 2. The van der Waals surface area contributed by atoms with E-state index in [4.69, 9.17) is 39.0 Å². The first-order chi connectivity index (χ1) is 16.7. The number of thiocarbonyl (C=S) groups is 1. The molecule has 2 aliphatic heterocycles. The van der Waals surface area contributed by atoms with Crippen LogP contribution in [0.25, 0.3) is 0 Å². The lowest BCUT2D eigenvalue weighted by molar-refractivity contribution is -0.000287. The van der Waals surface area contributed by atoms with Gasteiger partial charge in [0.1, 0.15) is 5.75 Å². The monoisotopic (exact) mass is 524 g/mol. The zero-order chi connectivity index (χ0) is 25.5. The van der Waals surface area contributed by atoms with Gasteiger partial charge < -0.3 is 30.3 Å². The molecule has 0 radical (unpaired) electrons. The smallest absolute Gasteiger partial charge is 0.255 e. The Hall–Kier alpha value is -1.61. The van der Waals surface area contributed by atoms with E-state index >= 15 is 0 Å². The predicted molar refractivity (Wildman–Crippen MR) is 146 cm³/mol. The highest BCUT2D eigenvalue weighted by Gasteiger charge is 2.33. The molecule has 0 unspecified atom stereocenters. The van der Waals surface area contributed by atoms with Crippen LogP contribution in [0.1, 0.15) is 56.3 Å². The van der Waals surface area contributed by atoms with Crippen LogP contribution in [-0.2, 0) is 4.74 Å². The molecule has 1 amide bonds. The minimum atomic E-state index is -0.231. The van der Waals surface area contributed by atoms with E-state index in [9.17, 15) is 4.79 Å². The molecule has 196 valence electrons. The van der Waals surface area contributed by atoms with E-state index in [0.717, 1.165) is 50.6 Å². The number of anilines is 1. The summed E-state index contributed by atoms with van der Waals surface area (Å²) < 4.78 is 11.1. The number of carbonyl (C=O) groups is 1. The van der Waals surface area contributed by atoms with Gasteiger partial charge in [0.15, 0.2) is 0 Å². The SMILES string of the molecule is COc1cc(N)c(Cl)cc1C(=O)N[C@H]1CCN(CC2CCN(C(=S)CCC(C)C)CC2)C[C@H]1OC. The molecule has 0 bridgehead atoms. The fourth-order valence-electron chi connectivity index (χ4n) is 5.01. The fraction of sp³-hybridized carbons (Fsp3) is 0.692. The van der Waals surface area contributed by atoms with E-state index in [-0.39, 0.29) is 18.1 Å². The molecule has 3 rings (SSSR count). The van der Waals surface area contributed by atoms with E-state index in [1.54, 1.807) is 19.2 Å². The third-order valence-electron chi connectivity index (χ3n) is 7.25. The van der Waals surface area contributed by atoms with Crippen LogP contribution in [0.15, 0.2) is 12.1 Å². The van der Waals surface area contributed by atoms with Crippen molar-refractivity contribution < 1.29 is 14.3 Å². The van der Waals surface area contributed by atoms with Gasteiger partial charge in [-0.15, -0.1) is 0 Å². The number of methoxy groups -OCH3 is 2. The number of nitrogens with zero attached hydrogens (tertiary/aromatic N) is 2.